The molecule has 1 amide bonds. The zero-order chi connectivity index (χ0) is 23.7. The number of benzene rings is 2. The van der Waals surface area contributed by atoms with Crippen molar-refractivity contribution in [2.24, 2.45) is 0 Å². The van der Waals surface area contributed by atoms with Crippen molar-refractivity contribution in [3.63, 3.8) is 0 Å². The van der Waals surface area contributed by atoms with Crippen LogP contribution in [-0.2, 0) is 27.4 Å². The first-order valence-corrected chi connectivity index (χ1v) is 11.6. The molecule has 0 atom stereocenters. The summed E-state index contributed by atoms with van der Waals surface area (Å²) in [7, 11) is 0. The van der Waals surface area contributed by atoms with E-state index in [2.05, 4.69) is 4.98 Å². The summed E-state index contributed by atoms with van der Waals surface area (Å²) in [6.07, 6.45) is 1.73. The van der Waals surface area contributed by atoms with Crippen molar-refractivity contribution in [1.82, 2.24) is 4.98 Å². The summed E-state index contributed by atoms with van der Waals surface area (Å²) < 4.78 is 11.1. The molecule has 6 nitrogen and oxygen atoms in total. The third-order valence-corrected chi connectivity index (χ3v) is 6.50. The zero-order valence-electron chi connectivity index (χ0n) is 19.4. The van der Waals surface area contributed by atoms with Gasteiger partial charge in [-0.3, -0.25) is 14.5 Å². The monoisotopic (exact) mass is 462 g/mol. The first-order chi connectivity index (χ1) is 15.7. The van der Waals surface area contributed by atoms with Gasteiger partial charge in [-0.05, 0) is 62.6 Å². The first kappa shape index (κ1) is 22.7. The fourth-order valence-corrected chi connectivity index (χ4v) is 4.63. The van der Waals surface area contributed by atoms with Gasteiger partial charge in [-0.1, -0.05) is 17.7 Å². The van der Waals surface area contributed by atoms with Crippen molar-refractivity contribution in [2.75, 3.05) is 4.90 Å². The average Bonchev–Trinajstić information content (AvgIpc) is 3.36. The Kier molecular flexibility index (Phi) is 6.33. The van der Waals surface area contributed by atoms with E-state index in [1.54, 1.807) is 11.2 Å². The maximum atomic E-state index is 12.5. The molecule has 0 radical (unpaired) electrons. The molecule has 0 N–H and O–H groups in total. The minimum atomic E-state index is -0.358. The van der Waals surface area contributed by atoms with Gasteiger partial charge >= 0.3 is 5.97 Å². The maximum Gasteiger partial charge on any atom is 0.310 e. The van der Waals surface area contributed by atoms with Gasteiger partial charge in [0.1, 0.15) is 12.2 Å². The summed E-state index contributed by atoms with van der Waals surface area (Å²) in [5, 5.41) is 3.28. The summed E-state index contributed by atoms with van der Waals surface area (Å²) >= 11 is 1.34. The standard InChI is InChI=1S/C26H26N2O4S/c1-15-6-7-23(18(4)8-15)28(19(5)29)26-27-21(14-33-26)13-32-25(30)11-20-12-31-24-10-17(3)16(2)9-22(20)24/h6-10,12,14H,11,13H2,1-5H3. The SMILES string of the molecule is CC(=O)N(c1nc(COC(=O)Cc2coc3cc(C)c(C)cc23)cs1)c1ccc(C)cc1C. The molecule has 0 aliphatic carbocycles. The minimum absolute atomic E-state index is 0.0435. The summed E-state index contributed by atoms with van der Waals surface area (Å²) in [4.78, 5) is 31.0. The molecule has 4 aromatic rings. The van der Waals surface area contributed by atoms with Crippen LogP contribution >= 0.6 is 11.3 Å². The van der Waals surface area contributed by atoms with Crippen molar-refractivity contribution in [3.8, 4) is 0 Å². The molecule has 0 spiro atoms. The van der Waals surface area contributed by atoms with E-state index in [0.717, 1.165) is 44.5 Å². The second kappa shape index (κ2) is 9.19. The topological polar surface area (TPSA) is 72.6 Å². The van der Waals surface area contributed by atoms with Gasteiger partial charge in [0, 0.05) is 23.3 Å². The van der Waals surface area contributed by atoms with E-state index in [1.807, 2.05) is 63.4 Å². The molecule has 0 saturated heterocycles. The van der Waals surface area contributed by atoms with Crippen LogP contribution in [0, 0.1) is 27.7 Å². The number of thiazole rings is 1. The lowest BCUT2D eigenvalue weighted by atomic mass is 10.0. The highest BCUT2D eigenvalue weighted by molar-refractivity contribution is 7.14. The molecule has 170 valence electrons. The van der Waals surface area contributed by atoms with E-state index in [4.69, 9.17) is 9.15 Å². The number of carbonyl (C=O) groups excluding carboxylic acids is 2. The second-order valence-corrected chi connectivity index (χ2v) is 9.13. The molecular formula is C26H26N2O4S. The number of amides is 1. The summed E-state index contributed by atoms with van der Waals surface area (Å²) in [6, 6.07) is 9.94. The number of nitrogens with zero attached hydrogens (tertiary/aromatic N) is 2. The van der Waals surface area contributed by atoms with E-state index in [-0.39, 0.29) is 24.9 Å². The lowest BCUT2D eigenvalue weighted by molar-refractivity contribution is -0.144. The number of fused-ring (bicyclic) bond motifs is 1. The Hall–Kier alpha value is -3.45. The molecule has 4 rings (SSSR count). The van der Waals surface area contributed by atoms with E-state index in [9.17, 15) is 9.59 Å². The quantitative estimate of drug-likeness (QED) is 0.324. The Bertz CT molecular complexity index is 1350. The number of aryl methyl sites for hydroxylation is 4. The normalized spacial score (nSPS) is 11.1. The lowest BCUT2D eigenvalue weighted by Gasteiger charge is -2.20. The highest BCUT2D eigenvalue weighted by Gasteiger charge is 2.20. The molecule has 2 aromatic heterocycles. The minimum Gasteiger partial charge on any atom is -0.464 e. The molecule has 7 heteroatoms. The van der Waals surface area contributed by atoms with Crippen molar-refractivity contribution in [3.05, 3.63) is 75.5 Å². The summed E-state index contributed by atoms with van der Waals surface area (Å²) in [5.41, 5.74) is 7.37. The number of anilines is 2. The van der Waals surface area contributed by atoms with Gasteiger partial charge in [-0.15, -0.1) is 11.3 Å². The molecule has 33 heavy (non-hydrogen) atoms. The second-order valence-electron chi connectivity index (χ2n) is 8.30. The van der Waals surface area contributed by atoms with Crippen LogP contribution in [0.5, 0.6) is 0 Å². The molecular weight excluding hydrogens is 436 g/mol. The number of rotatable bonds is 6. The van der Waals surface area contributed by atoms with Gasteiger partial charge in [0.05, 0.1) is 24.1 Å². The van der Waals surface area contributed by atoms with E-state index in [0.29, 0.717) is 10.8 Å². The van der Waals surface area contributed by atoms with Crippen molar-refractivity contribution in [2.45, 2.75) is 47.6 Å². The molecule has 2 heterocycles. The Balaban J connectivity index is 1.45. The molecule has 0 aliphatic rings. The van der Waals surface area contributed by atoms with Crippen LogP contribution < -0.4 is 4.90 Å². The van der Waals surface area contributed by atoms with Crippen molar-refractivity contribution >= 4 is 45.0 Å². The fraction of sp³-hybridized carbons (Fsp3) is 0.269. The van der Waals surface area contributed by atoms with Crippen LogP contribution in [0.3, 0.4) is 0 Å². The summed E-state index contributed by atoms with van der Waals surface area (Å²) in [6.45, 7) is 9.60. The average molecular weight is 463 g/mol. The molecule has 0 saturated carbocycles. The molecule has 0 fully saturated rings. The smallest absolute Gasteiger partial charge is 0.310 e. The Labute approximate surface area is 196 Å². The Morgan fingerprint density at radius 3 is 2.55 bits per heavy atom. The number of esters is 1. The highest BCUT2D eigenvalue weighted by atomic mass is 32.1. The van der Waals surface area contributed by atoms with Crippen LogP contribution in [-0.4, -0.2) is 16.9 Å². The highest BCUT2D eigenvalue weighted by Crippen LogP contribution is 2.32. The van der Waals surface area contributed by atoms with Crippen LogP contribution in [0.1, 0.15) is 40.4 Å². The van der Waals surface area contributed by atoms with E-state index in [1.165, 1.54) is 18.3 Å². The number of furan rings is 1. The fourth-order valence-electron chi connectivity index (χ4n) is 3.76. The number of hydrogen-bond donors (Lipinski definition) is 0. The maximum absolute atomic E-state index is 12.5. The Morgan fingerprint density at radius 2 is 1.82 bits per heavy atom. The Morgan fingerprint density at radius 1 is 1.06 bits per heavy atom. The lowest BCUT2D eigenvalue weighted by Crippen LogP contribution is -2.23. The number of ether oxygens (including phenoxy) is 1. The summed E-state index contributed by atoms with van der Waals surface area (Å²) in [5.74, 6) is -0.486. The third kappa shape index (κ3) is 4.83. The number of carbonyl (C=O) groups is 2. The van der Waals surface area contributed by atoms with Crippen LogP contribution in [0.15, 0.2) is 46.4 Å². The van der Waals surface area contributed by atoms with Crippen LogP contribution in [0.25, 0.3) is 11.0 Å². The molecule has 0 unspecified atom stereocenters. The van der Waals surface area contributed by atoms with Crippen molar-refractivity contribution in [1.29, 1.82) is 0 Å². The van der Waals surface area contributed by atoms with E-state index >= 15 is 0 Å². The van der Waals surface area contributed by atoms with Crippen LogP contribution in [0.2, 0.25) is 0 Å². The van der Waals surface area contributed by atoms with Gasteiger partial charge in [0.15, 0.2) is 5.13 Å². The third-order valence-electron chi connectivity index (χ3n) is 5.62. The predicted molar refractivity (Wildman–Crippen MR) is 130 cm³/mol. The van der Waals surface area contributed by atoms with Gasteiger partial charge in [0.25, 0.3) is 0 Å². The molecule has 0 bridgehead atoms. The van der Waals surface area contributed by atoms with Gasteiger partial charge < -0.3 is 9.15 Å². The van der Waals surface area contributed by atoms with Crippen molar-refractivity contribution < 1.29 is 18.7 Å². The van der Waals surface area contributed by atoms with Gasteiger partial charge in [0.2, 0.25) is 5.91 Å². The van der Waals surface area contributed by atoms with Gasteiger partial charge in [-0.25, -0.2) is 4.98 Å². The first-order valence-electron chi connectivity index (χ1n) is 10.7. The predicted octanol–water partition coefficient (Wildman–Crippen LogP) is 6.09. The van der Waals surface area contributed by atoms with E-state index < -0.39 is 0 Å². The zero-order valence-corrected chi connectivity index (χ0v) is 20.2. The number of aromatic nitrogens is 1. The largest absolute Gasteiger partial charge is 0.464 e. The molecule has 2 aromatic carbocycles. The molecule has 0 aliphatic heterocycles. The number of hydrogen-bond acceptors (Lipinski definition) is 6. The van der Waals surface area contributed by atoms with Gasteiger partial charge in [-0.2, -0.15) is 0 Å². The van der Waals surface area contributed by atoms with Crippen LogP contribution in [0.4, 0.5) is 10.8 Å².